The van der Waals surface area contributed by atoms with Crippen molar-refractivity contribution in [1.82, 2.24) is 19.6 Å². The topological polar surface area (TPSA) is 41.4 Å². The molecule has 2 aliphatic rings. The van der Waals surface area contributed by atoms with Crippen LogP contribution in [0.4, 0.5) is 0 Å². The van der Waals surface area contributed by atoms with Gasteiger partial charge in [-0.2, -0.15) is 5.10 Å². The minimum Gasteiger partial charge on any atom is -0.337 e. The molecule has 0 spiro atoms. The van der Waals surface area contributed by atoms with Crippen molar-refractivity contribution in [3.05, 3.63) is 40.3 Å². The molecule has 6 heteroatoms. The number of fused-ring (bicyclic) bond motifs is 1. The van der Waals surface area contributed by atoms with E-state index in [2.05, 4.69) is 26.3 Å². The van der Waals surface area contributed by atoms with Gasteiger partial charge in [0.1, 0.15) is 0 Å². The van der Waals surface area contributed by atoms with E-state index in [1.807, 2.05) is 28.3 Å². The highest BCUT2D eigenvalue weighted by Crippen LogP contribution is 2.25. The lowest BCUT2D eigenvalue weighted by Gasteiger charge is -2.30. The number of aromatic nitrogens is 2. The van der Waals surface area contributed by atoms with Crippen LogP contribution in [-0.2, 0) is 24.3 Å². The average Bonchev–Trinajstić information content (AvgIpc) is 3.28. The SMILES string of the molecule is O=C(CN1CCc2sccc2C1)N1CCCC1Cn1cccn1. The number of carbonyl (C=O) groups is 1. The average molecular weight is 330 g/mol. The molecule has 1 saturated heterocycles. The molecular formula is C17H22N4OS. The number of rotatable bonds is 4. The molecule has 122 valence electrons. The van der Waals surface area contributed by atoms with Gasteiger partial charge in [0.15, 0.2) is 0 Å². The van der Waals surface area contributed by atoms with Crippen LogP contribution < -0.4 is 0 Å². The van der Waals surface area contributed by atoms with E-state index < -0.39 is 0 Å². The van der Waals surface area contributed by atoms with Crippen molar-refractivity contribution in [2.75, 3.05) is 19.6 Å². The van der Waals surface area contributed by atoms with E-state index in [-0.39, 0.29) is 5.91 Å². The summed E-state index contributed by atoms with van der Waals surface area (Å²) in [4.78, 5) is 18.6. The summed E-state index contributed by atoms with van der Waals surface area (Å²) in [5.74, 6) is 0.276. The predicted molar refractivity (Wildman–Crippen MR) is 90.3 cm³/mol. The molecule has 2 aliphatic heterocycles. The van der Waals surface area contributed by atoms with Gasteiger partial charge < -0.3 is 4.90 Å². The quantitative estimate of drug-likeness (QED) is 0.861. The molecule has 0 bridgehead atoms. The van der Waals surface area contributed by atoms with Crippen LogP contribution in [0, 0.1) is 0 Å². The summed E-state index contributed by atoms with van der Waals surface area (Å²) in [6.07, 6.45) is 7.04. The van der Waals surface area contributed by atoms with Crippen molar-refractivity contribution in [3.63, 3.8) is 0 Å². The lowest BCUT2D eigenvalue weighted by atomic mass is 10.1. The van der Waals surface area contributed by atoms with E-state index in [1.54, 1.807) is 6.20 Å². The molecule has 4 heterocycles. The van der Waals surface area contributed by atoms with Crippen LogP contribution in [0.2, 0.25) is 0 Å². The molecule has 2 aromatic heterocycles. The molecule has 5 nitrogen and oxygen atoms in total. The second kappa shape index (κ2) is 6.45. The molecule has 2 aromatic rings. The van der Waals surface area contributed by atoms with Crippen LogP contribution in [0.25, 0.3) is 0 Å². The molecule has 1 unspecified atom stereocenters. The summed E-state index contributed by atoms with van der Waals surface area (Å²) in [7, 11) is 0. The van der Waals surface area contributed by atoms with Crippen LogP contribution in [0.15, 0.2) is 29.9 Å². The molecule has 23 heavy (non-hydrogen) atoms. The van der Waals surface area contributed by atoms with Gasteiger partial charge in [-0.1, -0.05) is 0 Å². The van der Waals surface area contributed by atoms with Gasteiger partial charge in [-0.25, -0.2) is 0 Å². The van der Waals surface area contributed by atoms with E-state index in [4.69, 9.17) is 0 Å². The van der Waals surface area contributed by atoms with Gasteiger partial charge in [-0.05, 0) is 42.3 Å². The standard InChI is InChI=1S/C17H22N4OS/c22-17(13-19-9-4-16-14(11-19)5-10-23-16)21-8-1-3-15(21)12-20-7-2-6-18-20/h2,5-7,10,15H,1,3-4,8-9,11-13H2. The highest BCUT2D eigenvalue weighted by molar-refractivity contribution is 7.10. The molecule has 4 rings (SSSR count). The summed E-state index contributed by atoms with van der Waals surface area (Å²) >= 11 is 1.84. The van der Waals surface area contributed by atoms with Gasteiger partial charge in [0.05, 0.1) is 19.1 Å². The van der Waals surface area contributed by atoms with Crippen molar-refractivity contribution >= 4 is 17.2 Å². The Bertz CT molecular complexity index is 666. The Labute approximate surface area is 140 Å². The van der Waals surface area contributed by atoms with E-state index in [9.17, 15) is 4.79 Å². The summed E-state index contributed by atoms with van der Waals surface area (Å²) < 4.78 is 1.94. The first-order valence-electron chi connectivity index (χ1n) is 8.34. The van der Waals surface area contributed by atoms with E-state index in [1.165, 1.54) is 10.4 Å². The summed E-state index contributed by atoms with van der Waals surface area (Å²) in [6.45, 7) is 4.17. The zero-order valence-electron chi connectivity index (χ0n) is 13.2. The highest BCUT2D eigenvalue weighted by Gasteiger charge is 2.30. The number of hydrogen-bond acceptors (Lipinski definition) is 4. The van der Waals surface area contributed by atoms with Crippen LogP contribution >= 0.6 is 11.3 Å². The van der Waals surface area contributed by atoms with Crippen molar-refractivity contribution in [2.45, 2.75) is 38.4 Å². The zero-order valence-corrected chi connectivity index (χ0v) is 14.0. The number of nitrogens with zero attached hydrogens (tertiary/aromatic N) is 4. The maximum Gasteiger partial charge on any atom is 0.237 e. The fraction of sp³-hybridized carbons (Fsp3) is 0.529. The van der Waals surface area contributed by atoms with Gasteiger partial charge in [0.2, 0.25) is 5.91 Å². The third-order valence-corrected chi connectivity index (χ3v) is 5.92. The number of hydrogen-bond donors (Lipinski definition) is 0. The van der Waals surface area contributed by atoms with Gasteiger partial charge >= 0.3 is 0 Å². The number of thiophene rings is 1. The highest BCUT2D eigenvalue weighted by atomic mass is 32.1. The summed E-state index contributed by atoms with van der Waals surface area (Å²) in [5, 5.41) is 6.44. The van der Waals surface area contributed by atoms with Crippen molar-refractivity contribution in [3.8, 4) is 0 Å². The van der Waals surface area contributed by atoms with Crippen LogP contribution in [0.3, 0.4) is 0 Å². The first-order valence-corrected chi connectivity index (χ1v) is 9.22. The van der Waals surface area contributed by atoms with Gasteiger partial charge in [-0.3, -0.25) is 14.4 Å². The van der Waals surface area contributed by atoms with Crippen LogP contribution in [0.5, 0.6) is 0 Å². The smallest absolute Gasteiger partial charge is 0.237 e. The first kappa shape index (κ1) is 14.9. The Morgan fingerprint density at radius 3 is 3.22 bits per heavy atom. The molecule has 1 fully saturated rings. The van der Waals surface area contributed by atoms with Crippen molar-refractivity contribution < 1.29 is 4.79 Å². The number of carbonyl (C=O) groups excluding carboxylic acids is 1. The Kier molecular flexibility index (Phi) is 4.18. The van der Waals surface area contributed by atoms with Crippen molar-refractivity contribution in [2.24, 2.45) is 0 Å². The molecule has 0 radical (unpaired) electrons. The van der Waals surface area contributed by atoms with E-state index >= 15 is 0 Å². The monoisotopic (exact) mass is 330 g/mol. The Morgan fingerprint density at radius 1 is 1.39 bits per heavy atom. The third kappa shape index (κ3) is 3.19. The fourth-order valence-corrected chi connectivity index (χ4v) is 4.59. The number of amides is 1. The maximum absolute atomic E-state index is 12.8. The van der Waals surface area contributed by atoms with Crippen LogP contribution in [0.1, 0.15) is 23.3 Å². The Balaban J connectivity index is 1.37. The van der Waals surface area contributed by atoms with Gasteiger partial charge in [0.25, 0.3) is 0 Å². The minimum atomic E-state index is 0.276. The first-order chi connectivity index (χ1) is 11.3. The Hall–Kier alpha value is -1.66. The lowest BCUT2D eigenvalue weighted by molar-refractivity contribution is -0.133. The molecule has 0 aromatic carbocycles. The molecule has 0 saturated carbocycles. The van der Waals surface area contributed by atoms with E-state index in [0.29, 0.717) is 12.6 Å². The molecule has 0 aliphatic carbocycles. The fourth-order valence-electron chi connectivity index (χ4n) is 3.70. The lowest BCUT2D eigenvalue weighted by Crippen LogP contribution is -2.45. The molecule has 1 amide bonds. The normalized spacial score (nSPS) is 21.6. The predicted octanol–water partition coefficient (Wildman–Crippen LogP) is 1.99. The molecule has 1 atom stereocenters. The van der Waals surface area contributed by atoms with Crippen molar-refractivity contribution in [1.29, 1.82) is 0 Å². The second-order valence-electron chi connectivity index (χ2n) is 6.44. The van der Waals surface area contributed by atoms with Gasteiger partial charge in [-0.15, -0.1) is 11.3 Å². The number of likely N-dealkylation sites (tertiary alicyclic amines) is 1. The maximum atomic E-state index is 12.8. The van der Waals surface area contributed by atoms with Crippen LogP contribution in [-0.4, -0.2) is 51.2 Å². The second-order valence-corrected chi connectivity index (χ2v) is 7.44. The minimum absolute atomic E-state index is 0.276. The Morgan fingerprint density at radius 2 is 2.35 bits per heavy atom. The largest absolute Gasteiger partial charge is 0.337 e. The van der Waals surface area contributed by atoms with E-state index in [0.717, 1.165) is 45.4 Å². The summed E-state index contributed by atoms with van der Waals surface area (Å²) in [6, 6.07) is 4.43. The molecule has 0 N–H and O–H groups in total. The van der Waals surface area contributed by atoms with Gasteiger partial charge in [0, 0.05) is 36.9 Å². The summed E-state index contributed by atoms with van der Waals surface area (Å²) in [5.41, 5.74) is 1.41. The third-order valence-electron chi connectivity index (χ3n) is 4.90. The zero-order chi connectivity index (χ0) is 15.6. The molecular weight excluding hydrogens is 308 g/mol.